The van der Waals surface area contributed by atoms with Crippen molar-refractivity contribution in [1.82, 2.24) is 25.8 Å². The molecule has 0 aromatic heterocycles. The highest BCUT2D eigenvalue weighted by molar-refractivity contribution is 14.0. The maximum absolute atomic E-state index is 12.1. The minimum atomic E-state index is -0.790. The molecule has 1 aliphatic carbocycles. The van der Waals surface area contributed by atoms with Crippen molar-refractivity contribution in [2.45, 2.75) is 44.2 Å². The van der Waals surface area contributed by atoms with Crippen LogP contribution >= 0.6 is 24.0 Å². The number of guanidine groups is 1. The summed E-state index contributed by atoms with van der Waals surface area (Å²) < 4.78 is 0. The van der Waals surface area contributed by atoms with Crippen LogP contribution in [0.2, 0.25) is 0 Å². The van der Waals surface area contributed by atoms with Crippen molar-refractivity contribution in [1.29, 1.82) is 0 Å². The van der Waals surface area contributed by atoms with E-state index in [-0.39, 0.29) is 41.8 Å². The number of likely N-dealkylation sites (N-methyl/N-ethyl adjacent to an activating group) is 1. The van der Waals surface area contributed by atoms with Gasteiger partial charge in [-0.2, -0.15) is 0 Å². The maximum Gasteiger partial charge on any atom is 0.322 e. The number of carbonyl (C=O) groups excluding carboxylic acids is 2. The minimum Gasteiger partial charge on any atom is -0.355 e. The first-order valence-electron chi connectivity index (χ1n) is 9.60. The largest absolute Gasteiger partial charge is 0.355 e. The summed E-state index contributed by atoms with van der Waals surface area (Å²) in [5, 5.41) is 8.71. The Labute approximate surface area is 178 Å². The Kier molecular flexibility index (Phi) is 7.34. The van der Waals surface area contributed by atoms with Gasteiger partial charge in [0.2, 0.25) is 0 Å². The van der Waals surface area contributed by atoms with Gasteiger partial charge >= 0.3 is 6.03 Å². The molecule has 27 heavy (non-hydrogen) atoms. The average molecular weight is 492 g/mol. The Morgan fingerprint density at radius 1 is 1.30 bits per heavy atom. The maximum atomic E-state index is 12.1. The molecule has 0 spiro atoms. The molecule has 3 N–H and O–H groups in total. The van der Waals surface area contributed by atoms with Crippen LogP contribution in [0.1, 0.15) is 32.6 Å². The third-order valence-electron chi connectivity index (χ3n) is 6.19. The van der Waals surface area contributed by atoms with Crippen LogP contribution in [0.15, 0.2) is 4.99 Å². The predicted molar refractivity (Wildman–Crippen MR) is 116 cm³/mol. The van der Waals surface area contributed by atoms with Gasteiger partial charge in [-0.25, -0.2) is 4.79 Å². The SMILES string of the molecule is CN=C(NCC(C1CC1)N(C)C)N1CCC(C2(C)NC(=O)NC2=O)CC1.I. The lowest BCUT2D eigenvalue weighted by atomic mass is 9.79. The fraction of sp³-hybridized carbons (Fsp3) is 0.833. The number of aliphatic imine (C=N–C) groups is 1. The van der Waals surface area contributed by atoms with Gasteiger partial charge in [0, 0.05) is 32.7 Å². The fourth-order valence-electron chi connectivity index (χ4n) is 4.29. The summed E-state index contributed by atoms with van der Waals surface area (Å²) >= 11 is 0. The molecule has 2 atom stereocenters. The van der Waals surface area contributed by atoms with Crippen LogP contribution in [0.25, 0.3) is 0 Å². The van der Waals surface area contributed by atoms with E-state index >= 15 is 0 Å². The lowest BCUT2D eigenvalue weighted by molar-refractivity contribution is -0.125. The van der Waals surface area contributed by atoms with Crippen molar-refractivity contribution in [2.24, 2.45) is 16.8 Å². The zero-order valence-electron chi connectivity index (χ0n) is 16.7. The van der Waals surface area contributed by atoms with Crippen molar-refractivity contribution in [3.63, 3.8) is 0 Å². The lowest BCUT2D eigenvalue weighted by Crippen LogP contribution is -2.56. The van der Waals surface area contributed by atoms with E-state index in [1.165, 1.54) is 12.8 Å². The Morgan fingerprint density at radius 2 is 1.93 bits per heavy atom. The van der Waals surface area contributed by atoms with Crippen molar-refractivity contribution in [3.8, 4) is 0 Å². The van der Waals surface area contributed by atoms with Crippen molar-refractivity contribution in [2.75, 3.05) is 40.8 Å². The first-order valence-corrected chi connectivity index (χ1v) is 9.60. The number of halogens is 1. The molecule has 154 valence electrons. The number of nitrogens with zero attached hydrogens (tertiary/aromatic N) is 3. The average Bonchev–Trinajstić information content (AvgIpc) is 3.39. The number of rotatable bonds is 5. The van der Waals surface area contributed by atoms with Gasteiger partial charge in [0.25, 0.3) is 5.91 Å². The zero-order valence-corrected chi connectivity index (χ0v) is 19.1. The number of piperidine rings is 1. The Bertz CT molecular complexity index is 584. The van der Waals surface area contributed by atoms with E-state index in [0.29, 0.717) is 6.04 Å². The van der Waals surface area contributed by atoms with E-state index in [0.717, 1.165) is 44.4 Å². The van der Waals surface area contributed by atoms with Gasteiger partial charge in [0.15, 0.2) is 5.96 Å². The summed E-state index contributed by atoms with van der Waals surface area (Å²) in [5.41, 5.74) is -0.790. The minimum absolute atomic E-state index is 0. The lowest BCUT2D eigenvalue weighted by Gasteiger charge is -2.40. The van der Waals surface area contributed by atoms with Gasteiger partial charge in [-0.15, -0.1) is 24.0 Å². The van der Waals surface area contributed by atoms with Gasteiger partial charge in [-0.3, -0.25) is 15.1 Å². The molecule has 3 aliphatic rings. The number of hydrogen-bond acceptors (Lipinski definition) is 4. The Balaban J connectivity index is 0.00000261. The summed E-state index contributed by atoms with van der Waals surface area (Å²) in [4.78, 5) is 32.7. The van der Waals surface area contributed by atoms with Crippen molar-refractivity contribution < 1.29 is 9.59 Å². The normalized spacial score (nSPS) is 27.9. The third kappa shape index (κ3) is 4.85. The first kappa shape index (κ1) is 22.2. The molecule has 2 saturated heterocycles. The monoisotopic (exact) mass is 492 g/mol. The van der Waals surface area contributed by atoms with Crippen molar-refractivity contribution >= 4 is 41.9 Å². The highest BCUT2D eigenvalue weighted by Crippen LogP contribution is 2.34. The molecule has 3 fully saturated rings. The number of nitrogens with one attached hydrogen (secondary N) is 3. The van der Waals surface area contributed by atoms with E-state index in [9.17, 15) is 9.59 Å². The topological polar surface area (TPSA) is 89.1 Å². The summed E-state index contributed by atoms with van der Waals surface area (Å²) in [7, 11) is 6.10. The van der Waals surface area contributed by atoms with Gasteiger partial charge < -0.3 is 20.4 Å². The molecule has 2 unspecified atom stereocenters. The van der Waals surface area contributed by atoms with E-state index in [1.54, 1.807) is 0 Å². The summed E-state index contributed by atoms with van der Waals surface area (Å²) in [6.45, 7) is 4.40. The first-order chi connectivity index (χ1) is 12.3. The van der Waals surface area contributed by atoms with Gasteiger partial charge in [-0.1, -0.05) is 0 Å². The van der Waals surface area contributed by atoms with E-state index < -0.39 is 5.54 Å². The quantitative estimate of drug-likeness (QED) is 0.229. The number of amides is 3. The molecule has 9 heteroatoms. The molecule has 3 rings (SSSR count). The van der Waals surface area contributed by atoms with E-state index in [2.05, 4.69) is 44.8 Å². The fourth-order valence-corrected chi connectivity index (χ4v) is 4.29. The summed E-state index contributed by atoms with van der Waals surface area (Å²) in [6.07, 6.45) is 4.34. The molecule has 0 aromatic rings. The van der Waals surface area contributed by atoms with Gasteiger partial charge in [0.1, 0.15) is 5.54 Å². The van der Waals surface area contributed by atoms with Crippen LogP contribution in [0.3, 0.4) is 0 Å². The summed E-state index contributed by atoms with van der Waals surface area (Å²) in [6, 6.07) is 0.160. The number of carbonyl (C=O) groups is 2. The second-order valence-electron chi connectivity index (χ2n) is 8.17. The van der Waals surface area contributed by atoms with Gasteiger partial charge in [0.05, 0.1) is 0 Å². The second-order valence-corrected chi connectivity index (χ2v) is 8.17. The van der Waals surface area contributed by atoms with Crippen molar-refractivity contribution in [3.05, 3.63) is 0 Å². The predicted octanol–water partition coefficient (Wildman–Crippen LogP) is 0.830. The standard InChI is InChI=1S/C18H32N6O2.HI/c1-18(15(25)21-17(26)22-18)13-7-9-24(10-8-13)16(19-2)20-11-14(23(3)4)12-5-6-12;/h12-14H,5-11H2,1-4H3,(H,19,20)(H2,21,22,25,26);1H. The number of imide groups is 1. The van der Waals surface area contributed by atoms with Crippen LogP contribution < -0.4 is 16.0 Å². The number of urea groups is 1. The highest BCUT2D eigenvalue weighted by Gasteiger charge is 2.48. The second kappa shape index (κ2) is 8.93. The van der Waals surface area contributed by atoms with Gasteiger partial charge in [-0.05, 0) is 58.5 Å². The zero-order chi connectivity index (χ0) is 18.9. The molecule has 0 radical (unpaired) electrons. The van der Waals surface area contributed by atoms with E-state index in [4.69, 9.17) is 0 Å². The molecular formula is C18H33IN6O2. The molecule has 8 nitrogen and oxygen atoms in total. The Hall–Kier alpha value is -1.10. The molecular weight excluding hydrogens is 459 g/mol. The molecule has 3 amide bonds. The van der Waals surface area contributed by atoms with Crippen LogP contribution in [0.4, 0.5) is 4.79 Å². The molecule has 1 saturated carbocycles. The molecule has 0 aromatic carbocycles. The van der Waals surface area contributed by atoms with E-state index in [1.807, 2.05) is 14.0 Å². The van der Waals surface area contributed by atoms with Crippen LogP contribution in [-0.4, -0.2) is 80.1 Å². The van der Waals surface area contributed by atoms with Crippen LogP contribution in [0.5, 0.6) is 0 Å². The number of likely N-dealkylation sites (tertiary alicyclic amines) is 1. The van der Waals surface area contributed by atoms with Crippen LogP contribution in [-0.2, 0) is 4.79 Å². The molecule has 2 aliphatic heterocycles. The summed E-state index contributed by atoms with van der Waals surface area (Å²) in [5.74, 6) is 1.66. The smallest absolute Gasteiger partial charge is 0.322 e. The highest BCUT2D eigenvalue weighted by atomic mass is 127. The van der Waals surface area contributed by atoms with Crippen LogP contribution in [0, 0.1) is 11.8 Å². The third-order valence-corrected chi connectivity index (χ3v) is 6.19. The molecule has 2 heterocycles. The molecule has 0 bridgehead atoms. The number of hydrogen-bond donors (Lipinski definition) is 3. The Morgan fingerprint density at radius 3 is 2.37 bits per heavy atom.